The smallest absolute Gasteiger partial charge is 0.372 e. The Labute approximate surface area is 114 Å². The van der Waals surface area contributed by atoms with E-state index in [1.165, 1.54) is 0 Å². The minimum absolute atomic E-state index is 0.0105. The number of carbonyl (C=O) groups excluding carboxylic acids is 1. The molecule has 0 aliphatic carbocycles. The van der Waals surface area contributed by atoms with Gasteiger partial charge in [-0.1, -0.05) is 24.3 Å². The van der Waals surface area contributed by atoms with E-state index in [-0.39, 0.29) is 6.42 Å². The lowest BCUT2D eigenvalue weighted by atomic mass is 10.0. The van der Waals surface area contributed by atoms with Gasteiger partial charge in [0.1, 0.15) is 11.2 Å². The minimum Gasteiger partial charge on any atom is -0.476 e. The van der Waals surface area contributed by atoms with Gasteiger partial charge in [-0.3, -0.25) is 4.79 Å². The second-order valence-corrected chi connectivity index (χ2v) is 4.66. The Morgan fingerprint density at radius 2 is 1.75 bits per heavy atom. The highest BCUT2D eigenvalue weighted by Crippen LogP contribution is 2.29. The van der Waals surface area contributed by atoms with Crippen molar-refractivity contribution in [2.45, 2.75) is 12.8 Å². The number of carboxylic acid groups (broad SMARTS) is 1. The molecule has 0 unspecified atom stereocenters. The maximum Gasteiger partial charge on any atom is 0.372 e. The van der Waals surface area contributed by atoms with E-state index in [1.807, 2.05) is 42.5 Å². The molecule has 0 saturated heterocycles. The molecule has 1 heterocycles. The van der Waals surface area contributed by atoms with Gasteiger partial charge in [0.05, 0.1) is 0 Å². The molecule has 0 saturated carbocycles. The molecular weight excluding hydrogens is 256 g/mol. The number of carbonyl (C=O) groups is 2. The molecule has 4 heteroatoms. The standard InChI is InChI=1S/C16H12O4/c17-13(16(18)19)7-5-10-6-8-15-12(9-10)11-3-1-2-4-14(11)20-15/h1-4,6,8-9H,5,7H2,(H,18,19). The maximum atomic E-state index is 11.1. The molecule has 1 aromatic heterocycles. The van der Waals surface area contributed by atoms with Crippen molar-refractivity contribution < 1.29 is 19.1 Å². The number of fused-ring (bicyclic) bond motifs is 3. The van der Waals surface area contributed by atoms with Gasteiger partial charge < -0.3 is 9.52 Å². The number of aryl methyl sites for hydroxylation is 1. The van der Waals surface area contributed by atoms with Crippen LogP contribution < -0.4 is 0 Å². The first-order valence-corrected chi connectivity index (χ1v) is 6.31. The van der Waals surface area contributed by atoms with Crippen LogP contribution in [0, 0.1) is 0 Å². The second kappa shape index (κ2) is 4.81. The third kappa shape index (κ3) is 2.16. The molecule has 100 valence electrons. The monoisotopic (exact) mass is 268 g/mol. The number of carboxylic acids is 1. The zero-order chi connectivity index (χ0) is 14.1. The van der Waals surface area contributed by atoms with Crippen molar-refractivity contribution in [3.63, 3.8) is 0 Å². The number of benzene rings is 2. The lowest BCUT2D eigenvalue weighted by Gasteiger charge is -1.99. The number of rotatable bonds is 4. The molecule has 3 rings (SSSR count). The van der Waals surface area contributed by atoms with Crippen LogP contribution in [-0.2, 0) is 16.0 Å². The maximum absolute atomic E-state index is 11.1. The summed E-state index contributed by atoms with van der Waals surface area (Å²) in [5.74, 6) is -2.14. The molecule has 2 aromatic carbocycles. The average Bonchev–Trinajstić information content (AvgIpc) is 2.82. The van der Waals surface area contributed by atoms with Crippen LogP contribution >= 0.6 is 0 Å². The van der Waals surface area contributed by atoms with Crippen molar-refractivity contribution in [3.8, 4) is 0 Å². The number of hydrogen-bond acceptors (Lipinski definition) is 3. The zero-order valence-electron chi connectivity index (χ0n) is 10.6. The summed E-state index contributed by atoms with van der Waals surface area (Å²) in [7, 11) is 0. The van der Waals surface area contributed by atoms with E-state index in [2.05, 4.69) is 0 Å². The van der Waals surface area contributed by atoms with Crippen LogP contribution in [0.1, 0.15) is 12.0 Å². The Kier molecular flexibility index (Phi) is 2.99. The normalized spacial score (nSPS) is 11.0. The van der Waals surface area contributed by atoms with Crippen molar-refractivity contribution >= 4 is 33.7 Å². The van der Waals surface area contributed by atoms with E-state index in [9.17, 15) is 9.59 Å². The first-order valence-electron chi connectivity index (χ1n) is 6.31. The fraction of sp³-hybridized carbons (Fsp3) is 0.125. The van der Waals surface area contributed by atoms with E-state index >= 15 is 0 Å². The topological polar surface area (TPSA) is 67.5 Å². The molecule has 1 N–H and O–H groups in total. The average molecular weight is 268 g/mol. The lowest BCUT2D eigenvalue weighted by molar-refractivity contribution is -0.149. The summed E-state index contributed by atoms with van der Waals surface area (Å²) in [5, 5.41) is 10.6. The molecule has 4 nitrogen and oxygen atoms in total. The van der Waals surface area contributed by atoms with Gasteiger partial charge in [0, 0.05) is 17.2 Å². The first-order chi connectivity index (χ1) is 9.65. The van der Waals surface area contributed by atoms with Crippen molar-refractivity contribution in [3.05, 3.63) is 48.0 Å². The molecule has 0 atom stereocenters. The quantitative estimate of drug-likeness (QED) is 0.738. The largest absolute Gasteiger partial charge is 0.476 e. The summed E-state index contributed by atoms with van der Waals surface area (Å²) >= 11 is 0. The van der Waals surface area contributed by atoms with Gasteiger partial charge in [0.2, 0.25) is 5.78 Å². The zero-order valence-corrected chi connectivity index (χ0v) is 10.6. The molecule has 0 radical (unpaired) electrons. The number of Topliss-reactive ketones (excluding diaryl/α,β-unsaturated/α-hetero) is 1. The SMILES string of the molecule is O=C(O)C(=O)CCc1ccc2oc3ccccc3c2c1. The summed E-state index contributed by atoms with van der Waals surface area (Å²) in [6, 6.07) is 13.4. The minimum atomic E-state index is -1.38. The van der Waals surface area contributed by atoms with Gasteiger partial charge in [-0.2, -0.15) is 0 Å². The van der Waals surface area contributed by atoms with Gasteiger partial charge in [-0.25, -0.2) is 4.79 Å². The van der Waals surface area contributed by atoms with Gasteiger partial charge in [-0.15, -0.1) is 0 Å². The summed E-state index contributed by atoms with van der Waals surface area (Å²) in [6.45, 7) is 0. The molecular formula is C16H12O4. The highest BCUT2D eigenvalue weighted by molar-refractivity contribution is 6.32. The lowest BCUT2D eigenvalue weighted by Crippen LogP contribution is -2.12. The third-order valence-electron chi connectivity index (χ3n) is 3.32. The third-order valence-corrected chi connectivity index (χ3v) is 3.32. The predicted molar refractivity (Wildman–Crippen MR) is 74.7 cm³/mol. The van der Waals surface area contributed by atoms with Gasteiger partial charge in [0.25, 0.3) is 0 Å². The summed E-state index contributed by atoms with van der Waals surface area (Å²) in [5.41, 5.74) is 2.54. The van der Waals surface area contributed by atoms with Crippen LogP contribution in [0.25, 0.3) is 21.9 Å². The number of aliphatic carboxylic acids is 1. The summed E-state index contributed by atoms with van der Waals surface area (Å²) in [4.78, 5) is 21.6. The molecule has 0 bridgehead atoms. The van der Waals surface area contributed by atoms with Crippen molar-refractivity contribution in [1.82, 2.24) is 0 Å². The number of furan rings is 1. The summed E-state index contributed by atoms with van der Waals surface area (Å²) in [6.07, 6.45) is 0.428. The molecule has 0 spiro atoms. The van der Waals surface area contributed by atoms with E-state index in [0.717, 1.165) is 27.5 Å². The molecule has 20 heavy (non-hydrogen) atoms. The summed E-state index contributed by atoms with van der Waals surface area (Å²) < 4.78 is 5.71. The van der Waals surface area contributed by atoms with Crippen molar-refractivity contribution in [2.24, 2.45) is 0 Å². The highest BCUT2D eigenvalue weighted by atomic mass is 16.4. The van der Waals surface area contributed by atoms with E-state index in [4.69, 9.17) is 9.52 Å². The van der Waals surface area contributed by atoms with Crippen LogP contribution in [-0.4, -0.2) is 16.9 Å². The Balaban J connectivity index is 1.95. The predicted octanol–water partition coefficient (Wildman–Crippen LogP) is 3.17. The molecule has 0 aliphatic heterocycles. The first kappa shape index (κ1) is 12.4. The van der Waals surface area contributed by atoms with Gasteiger partial charge >= 0.3 is 5.97 Å². The second-order valence-electron chi connectivity index (χ2n) is 4.66. The van der Waals surface area contributed by atoms with Crippen LogP contribution in [0.3, 0.4) is 0 Å². The molecule has 0 aliphatic rings. The van der Waals surface area contributed by atoms with Crippen LogP contribution in [0.5, 0.6) is 0 Å². The van der Waals surface area contributed by atoms with E-state index in [1.54, 1.807) is 0 Å². The Morgan fingerprint density at radius 1 is 1.00 bits per heavy atom. The van der Waals surface area contributed by atoms with Crippen LogP contribution in [0.15, 0.2) is 46.9 Å². The van der Waals surface area contributed by atoms with Crippen LogP contribution in [0.4, 0.5) is 0 Å². The Bertz CT molecular complexity index is 814. The van der Waals surface area contributed by atoms with Crippen molar-refractivity contribution in [1.29, 1.82) is 0 Å². The van der Waals surface area contributed by atoms with Gasteiger partial charge in [-0.05, 0) is 30.2 Å². The van der Waals surface area contributed by atoms with E-state index < -0.39 is 11.8 Å². The van der Waals surface area contributed by atoms with Gasteiger partial charge in [0.15, 0.2) is 0 Å². The molecule has 3 aromatic rings. The molecule has 0 amide bonds. The number of ketones is 1. The number of para-hydroxylation sites is 1. The fourth-order valence-corrected chi connectivity index (χ4v) is 2.29. The Morgan fingerprint density at radius 3 is 2.55 bits per heavy atom. The van der Waals surface area contributed by atoms with Crippen molar-refractivity contribution in [2.75, 3.05) is 0 Å². The number of hydrogen-bond donors (Lipinski definition) is 1. The highest BCUT2D eigenvalue weighted by Gasteiger charge is 2.12. The van der Waals surface area contributed by atoms with E-state index in [0.29, 0.717) is 6.42 Å². The van der Waals surface area contributed by atoms with Crippen LogP contribution in [0.2, 0.25) is 0 Å². The molecule has 0 fully saturated rings. The fourth-order valence-electron chi connectivity index (χ4n) is 2.29. The Hall–Kier alpha value is -2.62.